The summed E-state index contributed by atoms with van der Waals surface area (Å²) in [5.74, 6) is 0. The number of likely N-dealkylation sites (tertiary alicyclic amines) is 1. The Hall–Kier alpha value is -0.170. The molecule has 1 atom stereocenters. The van der Waals surface area contributed by atoms with Crippen molar-refractivity contribution in [1.82, 2.24) is 9.21 Å². The quantitative estimate of drug-likeness (QED) is 0.725. The lowest BCUT2D eigenvalue weighted by molar-refractivity contribution is -0.0772. The van der Waals surface area contributed by atoms with Gasteiger partial charge in [0.2, 0.25) is 10.0 Å². The van der Waals surface area contributed by atoms with E-state index in [1.807, 2.05) is 0 Å². The normalized spacial score (nSPS) is 33.7. The van der Waals surface area contributed by atoms with Crippen molar-refractivity contribution in [2.24, 2.45) is 0 Å². The zero-order valence-electron chi connectivity index (χ0n) is 11.0. The lowest BCUT2D eigenvalue weighted by Crippen LogP contribution is -2.63. The number of hydrogen-bond donors (Lipinski definition) is 0. The van der Waals surface area contributed by atoms with Gasteiger partial charge in [-0.1, -0.05) is 6.42 Å². The Morgan fingerprint density at radius 2 is 1.83 bits per heavy atom. The van der Waals surface area contributed by atoms with E-state index in [0.717, 1.165) is 13.0 Å². The molecule has 5 nitrogen and oxygen atoms in total. The minimum Gasteiger partial charge on any atom is -0.371 e. The molecule has 1 unspecified atom stereocenters. The molecular formula is C12H22N2O3S. The van der Waals surface area contributed by atoms with Crippen molar-refractivity contribution in [1.29, 1.82) is 0 Å². The first-order chi connectivity index (χ1) is 8.49. The summed E-state index contributed by atoms with van der Waals surface area (Å²) in [6.45, 7) is 4.24. The Kier molecular flexibility index (Phi) is 3.17. The average molecular weight is 274 g/mol. The van der Waals surface area contributed by atoms with Gasteiger partial charge in [0, 0.05) is 19.1 Å². The van der Waals surface area contributed by atoms with E-state index >= 15 is 0 Å². The standard InChI is InChI=1S/C12H22N2O3S/c1-18(15,16)14-9-12(10-14)7-11(8-17-12)13-5-3-2-4-6-13/h11H,2-10H2,1H3. The fourth-order valence-corrected chi connectivity index (χ4v) is 4.33. The van der Waals surface area contributed by atoms with Crippen LogP contribution >= 0.6 is 0 Å². The predicted molar refractivity (Wildman–Crippen MR) is 68.9 cm³/mol. The first-order valence-corrected chi connectivity index (χ1v) is 8.67. The molecule has 6 heteroatoms. The number of hydrogen-bond acceptors (Lipinski definition) is 4. The molecule has 0 saturated carbocycles. The average Bonchev–Trinajstić information content (AvgIpc) is 2.72. The van der Waals surface area contributed by atoms with Crippen molar-refractivity contribution >= 4 is 10.0 Å². The van der Waals surface area contributed by atoms with Crippen molar-refractivity contribution < 1.29 is 13.2 Å². The summed E-state index contributed by atoms with van der Waals surface area (Å²) < 4.78 is 30.2. The van der Waals surface area contributed by atoms with Crippen LogP contribution in [0.25, 0.3) is 0 Å². The Balaban J connectivity index is 1.56. The molecule has 3 rings (SSSR count). The van der Waals surface area contributed by atoms with Gasteiger partial charge in [-0.05, 0) is 32.4 Å². The van der Waals surface area contributed by atoms with E-state index in [1.165, 1.54) is 42.9 Å². The molecule has 1 spiro atoms. The van der Waals surface area contributed by atoms with Crippen LogP contribution in [0.5, 0.6) is 0 Å². The van der Waals surface area contributed by atoms with Crippen LogP contribution in [-0.2, 0) is 14.8 Å². The maximum atomic E-state index is 11.4. The van der Waals surface area contributed by atoms with Crippen LogP contribution in [0.3, 0.4) is 0 Å². The van der Waals surface area contributed by atoms with Gasteiger partial charge >= 0.3 is 0 Å². The second kappa shape index (κ2) is 4.44. The topological polar surface area (TPSA) is 49.9 Å². The summed E-state index contributed by atoms with van der Waals surface area (Å²) in [6.07, 6.45) is 6.20. The fourth-order valence-electron chi connectivity index (χ4n) is 3.39. The van der Waals surface area contributed by atoms with Gasteiger partial charge in [0.25, 0.3) is 0 Å². The number of ether oxygens (including phenoxy) is 1. The molecular weight excluding hydrogens is 252 g/mol. The highest BCUT2D eigenvalue weighted by Gasteiger charge is 2.53. The highest BCUT2D eigenvalue weighted by atomic mass is 32.2. The molecule has 3 saturated heterocycles. The van der Waals surface area contributed by atoms with Crippen LogP contribution in [-0.4, -0.2) is 68.3 Å². The summed E-state index contributed by atoms with van der Waals surface area (Å²) in [5, 5.41) is 0. The van der Waals surface area contributed by atoms with Crippen molar-refractivity contribution in [3.8, 4) is 0 Å². The van der Waals surface area contributed by atoms with Gasteiger partial charge in [-0.3, -0.25) is 4.90 Å². The van der Waals surface area contributed by atoms with E-state index < -0.39 is 10.0 Å². The van der Waals surface area contributed by atoms with Crippen molar-refractivity contribution in [2.45, 2.75) is 37.3 Å². The van der Waals surface area contributed by atoms with E-state index in [1.54, 1.807) is 0 Å². The summed E-state index contributed by atoms with van der Waals surface area (Å²) in [6, 6.07) is 0.506. The van der Waals surface area contributed by atoms with Gasteiger partial charge in [-0.15, -0.1) is 0 Å². The molecule has 3 heterocycles. The number of nitrogens with zero attached hydrogens (tertiary/aromatic N) is 2. The highest BCUT2D eigenvalue weighted by Crippen LogP contribution is 2.38. The number of sulfonamides is 1. The van der Waals surface area contributed by atoms with Crippen LogP contribution in [0, 0.1) is 0 Å². The Labute approximate surface area is 109 Å². The minimum absolute atomic E-state index is 0.175. The number of rotatable bonds is 2. The van der Waals surface area contributed by atoms with Gasteiger partial charge in [0.05, 0.1) is 18.5 Å². The van der Waals surface area contributed by atoms with Gasteiger partial charge in [0.15, 0.2) is 0 Å². The Morgan fingerprint density at radius 3 is 2.44 bits per heavy atom. The lowest BCUT2D eigenvalue weighted by atomic mass is 9.91. The molecule has 0 N–H and O–H groups in total. The van der Waals surface area contributed by atoms with Gasteiger partial charge < -0.3 is 4.74 Å². The molecule has 0 aromatic rings. The molecule has 3 aliphatic heterocycles. The molecule has 0 bridgehead atoms. The highest BCUT2D eigenvalue weighted by molar-refractivity contribution is 7.88. The van der Waals surface area contributed by atoms with Crippen LogP contribution < -0.4 is 0 Å². The maximum Gasteiger partial charge on any atom is 0.211 e. The monoisotopic (exact) mass is 274 g/mol. The van der Waals surface area contributed by atoms with Crippen molar-refractivity contribution in [3.63, 3.8) is 0 Å². The minimum atomic E-state index is -3.03. The smallest absolute Gasteiger partial charge is 0.211 e. The third-order valence-electron chi connectivity index (χ3n) is 4.49. The molecule has 0 amide bonds. The third kappa shape index (κ3) is 2.31. The SMILES string of the molecule is CS(=O)(=O)N1CC2(CC(N3CCCCC3)CO2)C1. The molecule has 0 aromatic carbocycles. The van der Waals surface area contributed by atoms with Crippen LogP contribution in [0.2, 0.25) is 0 Å². The largest absolute Gasteiger partial charge is 0.371 e. The molecule has 3 aliphatic rings. The van der Waals surface area contributed by atoms with Crippen molar-refractivity contribution in [2.75, 3.05) is 39.0 Å². The van der Waals surface area contributed by atoms with Gasteiger partial charge in [0.1, 0.15) is 0 Å². The van der Waals surface area contributed by atoms with Gasteiger partial charge in [-0.25, -0.2) is 8.42 Å². The molecule has 0 aliphatic carbocycles. The van der Waals surface area contributed by atoms with E-state index in [-0.39, 0.29) is 5.60 Å². The second-order valence-electron chi connectivity index (χ2n) is 5.98. The molecule has 104 valence electrons. The molecule has 0 radical (unpaired) electrons. The molecule has 18 heavy (non-hydrogen) atoms. The van der Waals surface area contributed by atoms with Crippen LogP contribution in [0.4, 0.5) is 0 Å². The second-order valence-corrected chi connectivity index (χ2v) is 7.96. The zero-order valence-corrected chi connectivity index (χ0v) is 11.8. The molecule has 0 aromatic heterocycles. The first kappa shape index (κ1) is 12.8. The Morgan fingerprint density at radius 1 is 1.17 bits per heavy atom. The van der Waals surface area contributed by atoms with Crippen LogP contribution in [0.15, 0.2) is 0 Å². The van der Waals surface area contributed by atoms with Gasteiger partial charge in [-0.2, -0.15) is 4.31 Å². The zero-order chi connectivity index (χ0) is 12.8. The van der Waals surface area contributed by atoms with E-state index in [4.69, 9.17) is 4.74 Å². The van der Waals surface area contributed by atoms with E-state index in [0.29, 0.717) is 19.1 Å². The maximum absolute atomic E-state index is 11.4. The third-order valence-corrected chi connectivity index (χ3v) is 5.69. The Bertz CT molecular complexity index is 411. The molecule has 3 fully saturated rings. The first-order valence-electron chi connectivity index (χ1n) is 6.82. The summed E-state index contributed by atoms with van der Waals surface area (Å²) >= 11 is 0. The number of piperidine rings is 1. The summed E-state index contributed by atoms with van der Waals surface area (Å²) in [4.78, 5) is 2.53. The van der Waals surface area contributed by atoms with Crippen molar-refractivity contribution in [3.05, 3.63) is 0 Å². The van der Waals surface area contributed by atoms with E-state index in [9.17, 15) is 8.42 Å². The fraction of sp³-hybridized carbons (Fsp3) is 1.00. The summed E-state index contributed by atoms with van der Waals surface area (Å²) in [7, 11) is -3.03. The van der Waals surface area contributed by atoms with E-state index in [2.05, 4.69) is 4.90 Å². The predicted octanol–water partition coefficient (Wildman–Crippen LogP) is 0.275. The lowest BCUT2D eigenvalue weighted by Gasteiger charge is -2.45. The summed E-state index contributed by atoms with van der Waals surface area (Å²) in [5.41, 5.74) is -0.175. The van der Waals surface area contributed by atoms with Crippen LogP contribution in [0.1, 0.15) is 25.7 Å².